The highest BCUT2D eigenvalue weighted by molar-refractivity contribution is 6.34. The van der Waals surface area contributed by atoms with E-state index in [-0.39, 0.29) is 5.75 Å². The summed E-state index contributed by atoms with van der Waals surface area (Å²) in [6.07, 6.45) is 0. The molecule has 0 spiro atoms. The van der Waals surface area contributed by atoms with Crippen LogP contribution in [0.3, 0.4) is 0 Å². The van der Waals surface area contributed by atoms with Gasteiger partial charge < -0.3 is 19.3 Å². The minimum atomic E-state index is 0.136. The lowest BCUT2D eigenvalue weighted by Gasteiger charge is -2.14. The van der Waals surface area contributed by atoms with E-state index in [2.05, 4.69) is 0 Å². The molecular formula is C9H14O4Si. The van der Waals surface area contributed by atoms with Crippen molar-refractivity contribution < 1.29 is 19.3 Å². The maximum atomic E-state index is 9.70. The summed E-state index contributed by atoms with van der Waals surface area (Å²) in [5, 5.41) is 10.5. The predicted octanol–water partition coefficient (Wildman–Crippen LogP) is -0.591. The fourth-order valence-corrected chi connectivity index (χ4v) is 1.75. The van der Waals surface area contributed by atoms with E-state index in [1.165, 1.54) is 14.2 Å². The summed E-state index contributed by atoms with van der Waals surface area (Å²) in [5.41, 5.74) is 0. The molecule has 14 heavy (non-hydrogen) atoms. The molecule has 1 rings (SSSR count). The summed E-state index contributed by atoms with van der Waals surface area (Å²) in [5.74, 6) is 1.47. The van der Waals surface area contributed by atoms with Crippen molar-refractivity contribution in [2.24, 2.45) is 0 Å². The van der Waals surface area contributed by atoms with Gasteiger partial charge in [0.1, 0.15) is 0 Å². The molecule has 0 atom stereocenters. The summed E-state index contributed by atoms with van der Waals surface area (Å²) >= 11 is 0. The Morgan fingerprint density at radius 1 is 1.07 bits per heavy atom. The summed E-state index contributed by atoms with van der Waals surface area (Å²) in [6, 6.07) is 1.75. The first-order chi connectivity index (χ1) is 6.65. The molecule has 0 aliphatic heterocycles. The molecule has 0 aliphatic carbocycles. The van der Waals surface area contributed by atoms with Crippen molar-refractivity contribution in [3.8, 4) is 23.0 Å². The number of benzene rings is 1. The Morgan fingerprint density at radius 2 is 1.64 bits per heavy atom. The van der Waals surface area contributed by atoms with Gasteiger partial charge in [-0.3, -0.25) is 0 Å². The molecule has 0 aliphatic rings. The quantitative estimate of drug-likeness (QED) is 0.683. The minimum Gasteiger partial charge on any atom is -0.504 e. The Hall–Kier alpha value is -1.36. The molecule has 1 aromatic carbocycles. The molecule has 0 aromatic heterocycles. The zero-order valence-corrected chi connectivity index (χ0v) is 10.7. The molecule has 0 saturated carbocycles. The number of hydrogen-bond acceptors (Lipinski definition) is 4. The first-order valence-corrected chi connectivity index (χ1v) is 5.14. The van der Waals surface area contributed by atoms with Gasteiger partial charge in [0.05, 0.1) is 21.3 Å². The summed E-state index contributed by atoms with van der Waals surface area (Å²) in [4.78, 5) is 0. The van der Waals surface area contributed by atoms with Crippen LogP contribution < -0.4 is 19.4 Å². The van der Waals surface area contributed by atoms with Crippen molar-refractivity contribution >= 4 is 15.4 Å². The van der Waals surface area contributed by atoms with Crippen molar-refractivity contribution in [1.82, 2.24) is 0 Å². The standard InChI is InChI=1S/C9H14O4Si/c1-11-5-4-6(14)7(10)9(13-3)8(5)12-2/h4,10H,1-3,14H3. The number of aromatic hydroxyl groups is 1. The lowest BCUT2D eigenvalue weighted by atomic mass is 10.2. The molecule has 1 aromatic rings. The molecule has 0 amide bonds. The van der Waals surface area contributed by atoms with E-state index in [1.807, 2.05) is 0 Å². The van der Waals surface area contributed by atoms with E-state index in [4.69, 9.17) is 14.2 Å². The molecule has 0 fully saturated rings. The number of phenolic OH excluding ortho intramolecular Hbond substituents is 1. The molecular weight excluding hydrogens is 200 g/mol. The van der Waals surface area contributed by atoms with Gasteiger partial charge in [-0.05, 0) is 11.3 Å². The number of hydrogen-bond donors (Lipinski definition) is 1. The highest BCUT2D eigenvalue weighted by Gasteiger charge is 2.17. The van der Waals surface area contributed by atoms with Crippen molar-refractivity contribution in [2.45, 2.75) is 0 Å². The molecule has 5 heteroatoms. The maximum absolute atomic E-state index is 9.70. The van der Waals surface area contributed by atoms with Crippen LogP contribution in [0.25, 0.3) is 0 Å². The van der Waals surface area contributed by atoms with Gasteiger partial charge in [0, 0.05) is 10.2 Å². The minimum absolute atomic E-state index is 0.136. The molecule has 0 radical (unpaired) electrons. The SMILES string of the molecule is COc1cc([SiH3])c(O)c(OC)c1OC. The smallest absolute Gasteiger partial charge is 0.207 e. The second kappa shape index (κ2) is 4.23. The van der Waals surface area contributed by atoms with Gasteiger partial charge in [-0.25, -0.2) is 0 Å². The average molecular weight is 214 g/mol. The lowest BCUT2D eigenvalue weighted by Crippen LogP contribution is -2.07. The number of rotatable bonds is 3. The Morgan fingerprint density at radius 3 is 2.07 bits per heavy atom. The van der Waals surface area contributed by atoms with Crippen molar-refractivity contribution in [1.29, 1.82) is 0 Å². The van der Waals surface area contributed by atoms with Gasteiger partial charge in [-0.15, -0.1) is 0 Å². The van der Waals surface area contributed by atoms with Crippen LogP contribution in [0.5, 0.6) is 23.0 Å². The van der Waals surface area contributed by atoms with Crippen LogP contribution in [0.2, 0.25) is 0 Å². The van der Waals surface area contributed by atoms with Gasteiger partial charge in [0.15, 0.2) is 11.5 Å². The number of phenols is 1. The normalized spacial score (nSPS) is 9.93. The van der Waals surface area contributed by atoms with Crippen LogP contribution in [0.1, 0.15) is 0 Å². The Bertz CT molecular complexity index is 338. The predicted molar refractivity (Wildman–Crippen MR) is 57.3 cm³/mol. The van der Waals surface area contributed by atoms with E-state index in [0.29, 0.717) is 17.2 Å². The Labute approximate surface area is 85.8 Å². The van der Waals surface area contributed by atoms with E-state index in [0.717, 1.165) is 15.4 Å². The van der Waals surface area contributed by atoms with Crippen molar-refractivity contribution in [3.63, 3.8) is 0 Å². The van der Waals surface area contributed by atoms with Gasteiger partial charge >= 0.3 is 0 Å². The van der Waals surface area contributed by atoms with Gasteiger partial charge in [-0.1, -0.05) is 0 Å². The monoisotopic (exact) mass is 214 g/mol. The van der Waals surface area contributed by atoms with E-state index < -0.39 is 0 Å². The number of methoxy groups -OCH3 is 3. The average Bonchev–Trinajstić information content (AvgIpc) is 2.20. The van der Waals surface area contributed by atoms with Crippen molar-refractivity contribution in [2.75, 3.05) is 21.3 Å². The van der Waals surface area contributed by atoms with E-state index in [9.17, 15) is 5.11 Å². The zero-order valence-electron chi connectivity index (χ0n) is 8.75. The van der Waals surface area contributed by atoms with Crippen LogP contribution in [-0.4, -0.2) is 36.7 Å². The van der Waals surface area contributed by atoms with Crippen LogP contribution in [-0.2, 0) is 0 Å². The third kappa shape index (κ3) is 1.63. The molecule has 0 heterocycles. The highest BCUT2D eigenvalue weighted by Crippen LogP contribution is 2.41. The second-order valence-electron chi connectivity index (χ2n) is 2.81. The third-order valence-electron chi connectivity index (χ3n) is 1.99. The highest BCUT2D eigenvalue weighted by atomic mass is 28.1. The lowest BCUT2D eigenvalue weighted by molar-refractivity contribution is 0.312. The van der Waals surface area contributed by atoms with Gasteiger partial charge in [0.2, 0.25) is 11.5 Å². The first kappa shape index (κ1) is 10.7. The van der Waals surface area contributed by atoms with Crippen molar-refractivity contribution in [3.05, 3.63) is 6.07 Å². The molecule has 0 unspecified atom stereocenters. The molecule has 1 N–H and O–H groups in total. The Kier molecular flexibility index (Phi) is 3.24. The van der Waals surface area contributed by atoms with Gasteiger partial charge in [0.25, 0.3) is 0 Å². The molecule has 0 saturated heterocycles. The largest absolute Gasteiger partial charge is 0.504 e. The topological polar surface area (TPSA) is 47.9 Å². The fraction of sp³-hybridized carbons (Fsp3) is 0.333. The van der Waals surface area contributed by atoms with E-state index in [1.54, 1.807) is 13.2 Å². The summed E-state index contributed by atoms with van der Waals surface area (Å²) in [6.45, 7) is 0. The summed E-state index contributed by atoms with van der Waals surface area (Å²) < 4.78 is 15.3. The van der Waals surface area contributed by atoms with Crippen LogP contribution in [0, 0.1) is 0 Å². The fourth-order valence-electron chi connectivity index (χ4n) is 1.26. The Balaban J connectivity index is 3.42. The van der Waals surface area contributed by atoms with Crippen LogP contribution in [0.15, 0.2) is 6.07 Å². The van der Waals surface area contributed by atoms with Crippen LogP contribution >= 0.6 is 0 Å². The molecule has 0 bridgehead atoms. The van der Waals surface area contributed by atoms with E-state index >= 15 is 0 Å². The zero-order chi connectivity index (χ0) is 10.7. The molecule has 4 nitrogen and oxygen atoms in total. The van der Waals surface area contributed by atoms with Crippen LogP contribution in [0.4, 0.5) is 0 Å². The summed E-state index contributed by atoms with van der Waals surface area (Å²) in [7, 11) is 5.26. The first-order valence-electron chi connectivity index (χ1n) is 4.14. The second-order valence-corrected chi connectivity index (χ2v) is 3.89. The molecule has 78 valence electrons. The third-order valence-corrected chi connectivity index (χ3v) is 2.76. The number of ether oxygens (including phenoxy) is 3. The van der Waals surface area contributed by atoms with Gasteiger partial charge in [-0.2, -0.15) is 0 Å². The maximum Gasteiger partial charge on any atom is 0.207 e.